The van der Waals surface area contributed by atoms with Gasteiger partial charge in [-0.05, 0) is 12.1 Å². The van der Waals surface area contributed by atoms with E-state index in [1.807, 2.05) is 0 Å². The molecular formula is C11H9BrClF2N3. The van der Waals surface area contributed by atoms with E-state index < -0.39 is 17.7 Å². The molecule has 0 amide bonds. The second-order valence-electron chi connectivity index (χ2n) is 3.76. The van der Waals surface area contributed by atoms with Crippen molar-refractivity contribution >= 4 is 27.5 Å². The molecule has 0 aliphatic carbocycles. The number of rotatable bonds is 2. The van der Waals surface area contributed by atoms with Gasteiger partial charge in [0.05, 0.1) is 23.0 Å². The Morgan fingerprint density at radius 1 is 1.39 bits per heavy atom. The monoisotopic (exact) mass is 335 g/mol. The SMILES string of the molecule is Cn1ncc(Cl)c1C(N)c1c(F)cc(Br)cc1F. The summed E-state index contributed by atoms with van der Waals surface area (Å²) in [6, 6.07) is 1.29. The lowest BCUT2D eigenvalue weighted by Gasteiger charge is -2.15. The first-order valence-electron chi connectivity index (χ1n) is 4.99. The molecule has 2 aromatic rings. The average molecular weight is 337 g/mol. The van der Waals surface area contributed by atoms with Crippen molar-refractivity contribution in [3.8, 4) is 0 Å². The largest absolute Gasteiger partial charge is 0.319 e. The van der Waals surface area contributed by atoms with Gasteiger partial charge in [-0.15, -0.1) is 0 Å². The summed E-state index contributed by atoms with van der Waals surface area (Å²) in [4.78, 5) is 0. The molecule has 0 bridgehead atoms. The highest BCUT2D eigenvalue weighted by Gasteiger charge is 2.24. The van der Waals surface area contributed by atoms with E-state index in [1.165, 1.54) is 10.9 Å². The van der Waals surface area contributed by atoms with Crippen LogP contribution in [0.25, 0.3) is 0 Å². The van der Waals surface area contributed by atoms with Gasteiger partial charge in [0.25, 0.3) is 0 Å². The molecule has 1 heterocycles. The standard InChI is InChI=1S/C11H9BrClF2N3/c1-18-11(6(13)4-17-18)10(16)9-7(14)2-5(12)3-8(9)15/h2-4,10H,16H2,1H3. The lowest BCUT2D eigenvalue weighted by molar-refractivity contribution is 0.532. The van der Waals surface area contributed by atoms with Crippen LogP contribution in [-0.2, 0) is 7.05 Å². The van der Waals surface area contributed by atoms with Gasteiger partial charge in [-0.3, -0.25) is 4.68 Å². The van der Waals surface area contributed by atoms with Crippen LogP contribution in [-0.4, -0.2) is 9.78 Å². The quantitative estimate of drug-likeness (QED) is 0.915. The van der Waals surface area contributed by atoms with Crippen LogP contribution in [0.2, 0.25) is 5.02 Å². The molecule has 0 fully saturated rings. The van der Waals surface area contributed by atoms with E-state index in [0.717, 1.165) is 12.1 Å². The van der Waals surface area contributed by atoms with Crippen LogP contribution in [0, 0.1) is 11.6 Å². The maximum Gasteiger partial charge on any atom is 0.132 e. The van der Waals surface area contributed by atoms with Gasteiger partial charge in [0.15, 0.2) is 0 Å². The number of nitrogens with two attached hydrogens (primary N) is 1. The van der Waals surface area contributed by atoms with Crippen molar-refractivity contribution in [1.82, 2.24) is 9.78 Å². The first-order chi connectivity index (χ1) is 8.41. The van der Waals surface area contributed by atoms with E-state index in [4.69, 9.17) is 17.3 Å². The van der Waals surface area contributed by atoms with Crippen molar-refractivity contribution in [1.29, 1.82) is 0 Å². The minimum Gasteiger partial charge on any atom is -0.319 e. The Morgan fingerprint density at radius 3 is 2.39 bits per heavy atom. The summed E-state index contributed by atoms with van der Waals surface area (Å²) in [7, 11) is 1.61. The molecule has 2 N–H and O–H groups in total. The predicted octanol–water partition coefficient (Wildman–Crippen LogP) is 3.16. The number of halogens is 4. The van der Waals surface area contributed by atoms with Gasteiger partial charge in [-0.2, -0.15) is 5.10 Å². The zero-order chi connectivity index (χ0) is 13.4. The van der Waals surface area contributed by atoms with E-state index in [1.54, 1.807) is 7.05 Å². The first-order valence-corrected chi connectivity index (χ1v) is 6.16. The van der Waals surface area contributed by atoms with Crippen LogP contribution in [0.1, 0.15) is 17.3 Å². The van der Waals surface area contributed by atoms with E-state index in [2.05, 4.69) is 21.0 Å². The fourth-order valence-electron chi connectivity index (χ4n) is 1.76. The molecule has 0 saturated heterocycles. The van der Waals surface area contributed by atoms with Gasteiger partial charge in [0.1, 0.15) is 11.6 Å². The molecule has 2 rings (SSSR count). The van der Waals surface area contributed by atoms with Crippen molar-refractivity contribution in [3.05, 3.63) is 50.7 Å². The van der Waals surface area contributed by atoms with Gasteiger partial charge in [0.2, 0.25) is 0 Å². The van der Waals surface area contributed by atoms with Gasteiger partial charge < -0.3 is 5.73 Å². The van der Waals surface area contributed by atoms with Crippen LogP contribution in [0.3, 0.4) is 0 Å². The highest BCUT2D eigenvalue weighted by Crippen LogP contribution is 2.30. The Morgan fingerprint density at radius 2 is 1.94 bits per heavy atom. The molecule has 1 aromatic carbocycles. The van der Waals surface area contributed by atoms with Gasteiger partial charge in [0, 0.05) is 17.1 Å². The number of hydrogen-bond acceptors (Lipinski definition) is 2. The Balaban J connectivity index is 2.56. The van der Waals surface area contributed by atoms with E-state index >= 15 is 0 Å². The minimum absolute atomic E-state index is 0.233. The fraction of sp³-hybridized carbons (Fsp3) is 0.182. The summed E-state index contributed by atoms with van der Waals surface area (Å²) in [6.45, 7) is 0. The second kappa shape index (κ2) is 4.95. The number of hydrogen-bond donors (Lipinski definition) is 1. The van der Waals surface area contributed by atoms with E-state index in [-0.39, 0.29) is 10.6 Å². The van der Waals surface area contributed by atoms with Crippen molar-refractivity contribution < 1.29 is 8.78 Å². The van der Waals surface area contributed by atoms with E-state index in [9.17, 15) is 8.78 Å². The molecule has 1 atom stereocenters. The van der Waals surface area contributed by atoms with Crippen LogP contribution < -0.4 is 5.73 Å². The fourth-order valence-corrected chi connectivity index (χ4v) is 2.44. The molecule has 1 aromatic heterocycles. The maximum atomic E-state index is 13.8. The first kappa shape index (κ1) is 13.5. The molecule has 0 saturated carbocycles. The number of benzene rings is 1. The third kappa shape index (κ3) is 2.28. The summed E-state index contributed by atoms with van der Waals surface area (Å²) in [6.07, 6.45) is 1.38. The topological polar surface area (TPSA) is 43.8 Å². The highest BCUT2D eigenvalue weighted by atomic mass is 79.9. The van der Waals surface area contributed by atoms with E-state index in [0.29, 0.717) is 10.2 Å². The van der Waals surface area contributed by atoms with Crippen LogP contribution in [0.4, 0.5) is 8.78 Å². The zero-order valence-corrected chi connectivity index (χ0v) is 11.6. The van der Waals surface area contributed by atoms with Gasteiger partial charge >= 0.3 is 0 Å². The van der Waals surface area contributed by atoms with Gasteiger partial charge in [-0.25, -0.2) is 8.78 Å². The molecular weight excluding hydrogens is 327 g/mol. The minimum atomic E-state index is -1.02. The second-order valence-corrected chi connectivity index (χ2v) is 5.09. The molecule has 18 heavy (non-hydrogen) atoms. The number of aryl methyl sites for hydroxylation is 1. The Hall–Kier alpha value is -0.980. The third-order valence-corrected chi connectivity index (χ3v) is 3.34. The lowest BCUT2D eigenvalue weighted by atomic mass is 10.0. The summed E-state index contributed by atoms with van der Waals surface area (Å²) in [5, 5.41) is 4.16. The zero-order valence-electron chi connectivity index (χ0n) is 9.29. The predicted molar refractivity (Wildman–Crippen MR) is 68.3 cm³/mol. The third-order valence-electron chi connectivity index (χ3n) is 2.59. The van der Waals surface area contributed by atoms with Crippen molar-refractivity contribution in [2.24, 2.45) is 12.8 Å². The van der Waals surface area contributed by atoms with Crippen molar-refractivity contribution in [3.63, 3.8) is 0 Å². The van der Waals surface area contributed by atoms with Crippen LogP contribution in [0.5, 0.6) is 0 Å². The Kier molecular flexibility index (Phi) is 3.70. The smallest absolute Gasteiger partial charge is 0.132 e. The average Bonchev–Trinajstić information content (AvgIpc) is 2.56. The van der Waals surface area contributed by atoms with Crippen molar-refractivity contribution in [2.75, 3.05) is 0 Å². The summed E-state index contributed by atoms with van der Waals surface area (Å²) >= 11 is 8.92. The van der Waals surface area contributed by atoms with Crippen molar-refractivity contribution in [2.45, 2.75) is 6.04 Å². The molecule has 0 radical (unpaired) electrons. The number of aromatic nitrogens is 2. The van der Waals surface area contributed by atoms with Gasteiger partial charge in [-0.1, -0.05) is 27.5 Å². The lowest BCUT2D eigenvalue weighted by Crippen LogP contribution is -2.19. The molecule has 3 nitrogen and oxygen atoms in total. The summed E-state index contributed by atoms with van der Waals surface area (Å²) in [5.74, 6) is -1.46. The summed E-state index contributed by atoms with van der Waals surface area (Å²) < 4.78 is 29.3. The Labute approximate surface area is 116 Å². The van der Waals surface area contributed by atoms with Crippen LogP contribution in [0.15, 0.2) is 22.8 Å². The highest BCUT2D eigenvalue weighted by molar-refractivity contribution is 9.10. The normalized spacial score (nSPS) is 12.8. The summed E-state index contributed by atoms with van der Waals surface area (Å²) in [5.41, 5.74) is 6.00. The molecule has 0 aliphatic heterocycles. The Bertz CT molecular complexity index is 557. The molecule has 96 valence electrons. The van der Waals surface area contributed by atoms with Crippen LogP contribution >= 0.6 is 27.5 Å². The molecule has 1 unspecified atom stereocenters. The molecule has 0 aliphatic rings. The molecule has 0 spiro atoms. The number of nitrogens with zero attached hydrogens (tertiary/aromatic N) is 2. The molecule has 7 heteroatoms. The maximum absolute atomic E-state index is 13.8.